The largest absolute Gasteiger partial charge is 0.385 e. The first-order valence-corrected chi connectivity index (χ1v) is 4.82. The van der Waals surface area contributed by atoms with Gasteiger partial charge in [-0.1, -0.05) is 11.2 Å². The molecule has 1 heterocycles. The summed E-state index contributed by atoms with van der Waals surface area (Å²) >= 11 is 1.56. The number of hydrazine groups is 1. The van der Waals surface area contributed by atoms with Crippen LogP contribution in [0.4, 0.5) is 0 Å². The minimum Gasteiger partial charge on any atom is -0.385 e. The maximum Gasteiger partial charge on any atom is 0.274 e. The van der Waals surface area contributed by atoms with E-state index in [4.69, 9.17) is 10.7 Å². The van der Waals surface area contributed by atoms with Crippen molar-refractivity contribution < 1.29 is 9.63 Å². The van der Waals surface area contributed by atoms with Gasteiger partial charge in [0.1, 0.15) is 0 Å². The van der Waals surface area contributed by atoms with Crippen LogP contribution in [0.25, 0.3) is 0 Å². The Kier molecular flexibility index (Phi) is 4.09. The van der Waals surface area contributed by atoms with Crippen LogP contribution in [0.1, 0.15) is 11.8 Å². The quantitative estimate of drug-likeness (QED) is 0.330. The number of amides is 1. The molecule has 0 saturated heterocycles. The smallest absolute Gasteiger partial charge is 0.274 e. The zero-order valence-electron chi connectivity index (χ0n) is 7.69. The van der Waals surface area contributed by atoms with Crippen LogP contribution in [-0.2, 0) is 9.63 Å². The average molecular weight is 213 g/mol. The van der Waals surface area contributed by atoms with Gasteiger partial charge in [0.15, 0.2) is 6.61 Å². The Morgan fingerprint density at radius 2 is 2.57 bits per heavy atom. The van der Waals surface area contributed by atoms with Gasteiger partial charge in [-0.25, -0.2) is 5.84 Å². The summed E-state index contributed by atoms with van der Waals surface area (Å²) in [6.45, 7) is 1.64. The van der Waals surface area contributed by atoms with E-state index in [0.29, 0.717) is 0 Å². The number of oxime groups is 1. The second-order valence-electron chi connectivity index (χ2n) is 2.49. The van der Waals surface area contributed by atoms with Crippen molar-refractivity contribution in [2.24, 2.45) is 11.0 Å². The molecule has 0 radical (unpaired) electrons. The van der Waals surface area contributed by atoms with Gasteiger partial charge in [0.2, 0.25) is 0 Å². The maximum atomic E-state index is 10.7. The topological polar surface area (TPSA) is 76.7 Å². The summed E-state index contributed by atoms with van der Waals surface area (Å²) in [4.78, 5) is 16.4. The van der Waals surface area contributed by atoms with Crippen LogP contribution in [-0.4, -0.2) is 18.2 Å². The fraction of sp³-hybridized carbons (Fsp3) is 0.250. The van der Waals surface area contributed by atoms with Crippen LogP contribution >= 0.6 is 11.3 Å². The van der Waals surface area contributed by atoms with E-state index in [1.807, 2.05) is 29.9 Å². The molecule has 76 valence electrons. The molecule has 0 fully saturated rings. The summed E-state index contributed by atoms with van der Waals surface area (Å²) in [6, 6.07) is 3.85. The number of hydrogen-bond acceptors (Lipinski definition) is 5. The van der Waals surface area contributed by atoms with E-state index in [9.17, 15) is 4.79 Å². The fourth-order valence-corrected chi connectivity index (χ4v) is 1.43. The maximum absolute atomic E-state index is 10.7. The van der Waals surface area contributed by atoms with E-state index < -0.39 is 5.91 Å². The van der Waals surface area contributed by atoms with Crippen molar-refractivity contribution in [2.75, 3.05) is 6.61 Å². The number of carbonyl (C=O) groups excluding carboxylic acids is 1. The van der Waals surface area contributed by atoms with Crippen LogP contribution in [0.2, 0.25) is 0 Å². The van der Waals surface area contributed by atoms with Crippen molar-refractivity contribution in [1.29, 1.82) is 0 Å². The average Bonchev–Trinajstić information content (AvgIpc) is 2.70. The molecule has 3 N–H and O–H groups in total. The summed E-state index contributed by atoms with van der Waals surface area (Å²) in [7, 11) is 0. The van der Waals surface area contributed by atoms with Crippen molar-refractivity contribution in [2.45, 2.75) is 6.92 Å². The summed E-state index contributed by atoms with van der Waals surface area (Å²) in [6.07, 6.45) is 0. The Balaban J connectivity index is 2.42. The molecule has 0 atom stereocenters. The second kappa shape index (κ2) is 5.36. The van der Waals surface area contributed by atoms with E-state index >= 15 is 0 Å². The molecule has 0 aromatic carbocycles. The summed E-state index contributed by atoms with van der Waals surface area (Å²) < 4.78 is 0. The van der Waals surface area contributed by atoms with Crippen LogP contribution in [0.5, 0.6) is 0 Å². The summed E-state index contributed by atoms with van der Waals surface area (Å²) in [5.41, 5.74) is 2.68. The minimum atomic E-state index is -0.410. The zero-order valence-corrected chi connectivity index (χ0v) is 8.50. The number of nitrogens with zero attached hydrogens (tertiary/aromatic N) is 1. The van der Waals surface area contributed by atoms with Gasteiger partial charge in [-0.15, -0.1) is 11.3 Å². The molecule has 1 amide bonds. The Hall–Kier alpha value is -1.40. The molecule has 0 aliphatic carbocycles. The molecular weight excluding hydrogens is 202 g/mol. The number of hydrogen-bond donors (Lipinski definition) is 2. The van der Waals surface area contributed by atoms with Gasteiger partial charge in [0, 0.05) is 0 Å². The van der Waals surface area contributed by atoms with Gasteiger partial charge in [-0.05, 0) is 18.4 Å². The second-order valence-corrected chi connectivity index (χ2v) is 3.44. The van der Waals surface area contributed by atoms with Crippen molar-refractivity contribution in [3.8, 4) is 0 Å². The Labute approximate surface area is 85.5 Å². The molecule has 0 spiro atoms. The lowest BCUT2D eigenvalue weighted by Crippen LogP contribution is -2.32. The Bertz CT molecular complexity index is 321. The third-order valence-corrected chi connectivity index (χ3v) is 2.41. The molecule has 1 rings (SSSR count). The Morgan fingerprint density at radius 1 is 1.79 bits per heavy atom. The monoisotopic (exact) mass is 213 g/mol. The highest BCUT2D eigenvalue weighted by Gasteiger charge is 2.00. The third kappa shape index (κ3) is 3.15. The van der Waals surface area contributed by atoms with Crippen molar-refractivity contribution in [1.82, 2.24) is 5.43 Å². The Morgan fingerprint density at radius 3 is 3.14 bits per heavy atom. The molecule has 0 aliphatic heterocycles. The number of nitrogens with one attached hydrogen (secondary N) is 1. The minimum absolute atomic E-state index is 0.167. The molecule has 1 aromatic rings. The number of rotatable bonds is 4. The molecule has 14 heavy (non-hydrogen) atoms. The SMILES string of the molecule is CC(=NOCC(=O)NN)c1cccs1. The molecule has 5 nitrogen and oxygen atoms in total. The first-order valence-electron chi connectivity index (χ1n) is 3.94. The molecule has 0 saturated carbocycles. The highest BCUT2D eigenvalue weighted by Crippen LogP contribution is 2.09. The van der Waals surface area contributed by atoms with Gasteiger partial charge in [-0.3, -0.25) is 10.2 Å². The van der Waals surface area contributed by atoms with E-state index in [2.05, 4.69) is 5.16 Å². The van der Waals surface area contributed by atoms with Crippen molar-refractivity contribution >= 4 is 23.0 Å². The first kappa shape index (κ1) is 10.7. The van der Waals surface area contributed by atoms with Crippen molar-refractivity contribution in [3.63, 3.8) is 0 Å². The molecular formula is C8H11N3O2S. The normalized spacial score (nSPS) is 11.1. The van der Waals surface area contributed by atoms with Gasteiger partial charge in [-0.2, -0.15) is 0 Å². The van der Waals surface area contributed by atoms with Crippen LogP contribution in [0, 0.1) is 0 Å². The van der Waals surface area contributed by atoms with Crippen molar-refractivity contribution in [3.05, 3.63) is 22.4 Å². The third-order valence-electron chi connectivity index (χ3n) is 1.44. The fourth-order valence-electron chi connectivity index (χ4n) is 0.759. The molecule has 0 bridgehead atoms. The predicted molar refractivity (Wildman–Crippen MR) is 54.8 cm³/mol. The van der Waals surface area contributed by atoms with Gasteiger partial charge < -0.3 is 4.84 Å². The van der Waals surface area contributed by atoms with Gasteiger partial charge >= 0.3 is 0 Å². The molecule has 0 aliphatic rings. The molecule has 0 unspecified atom stereocenters. The van der Waals surface area contributed by atoms with Crippen LogP contribution < -0.4 is 11.3 Å². The zero-order chi connectivity index (χ0) is 10.4. The number of thiophene rings is 1. The lowest BCUT2D eigenvalue weighted by Gasteiger charge is -1.99. The lowest BCUT2D eigenvalue weighted by molar-refractivity contribution is -0.125. The number of carbonyl (C=O) groups is 1. The van der Waals surface area contributed by atoms with E-state index in [0.717, 1.165) is 10.6 Å². The van der Waals surface area contributed by atoms with Crippen LogP contribution in [0.3, 0.4) is 0 Å². The van der Waals surface area contributed by atoms with E-state index in [1.54, 1.807) is 11.3 Å². The summed E-state index contributed by atoms with van der Waals surface area (Å²) in [5.74, 6) is 4.45. The van der Waals surface area contributed by atoms with Gasteiger partial charge in [0.05, 0.1) is 10.6 Å². The lowest BCUT2D eigenvalue weighted by atomic mass is 10.3. The van der Waals surface area contributed by atoms with Gasteiger partial charge in [0.25, 0.3) is 5.91 Å². The molecule has 1 aromatic heterocycles. The van der Waals surface area contributed by atoms with E-state index in [1.165, 1.54) is 0 Å². The highest BCUT2D eigenvalue weighted by atomic mass is 32.1. The van der Waals surface area contributed by atoms with E-state index in [-0.39, 0.29) is 6.61 Å². The predicted octanol–water partition coefficient (Wildman–Crippen LogP) is 0.479. The molecule has 6 heteroatoms. The standard InChI is InChI=1S/C8H11N3O2S/c1-6(7-3-2-4-14-7)11-13-5-8(12)10-9/h2-4H,5,9H2,1H3,(H,10,12). The highest BCUT2D eigenvalue weighted by molar-refractivity contribution is 7.12. The summed E-state index contributed by atoms with van der Waals surface area (Å²) in [5, 5.41) is 5.71. The van der Waals surface area contributed by atoms with Crippen LogP contribution in [0.15, 0.2) is 22.7 Å². The first-order chi connectivity index (χ1) is 6.74. The number of nitrogens with two attached hydrogens (primary N) is 1.